The van der Waals surface area contributed by atoms with Crippen molar-refractivity contribution in [2.24, 2.45) is 0 Å². The van der Waals surface area contributed by atoms with E-state index in [1.165, 1.54) is 11.8 Å². The Morgan fingerprint density at radius 3 is 2.48 bits per heavy atom. The van der Waals surface area contributed by atoms with Crippen LogP contribution in [-0.4, -0.2) is 43.2 Å². The summed E-state index contributed by atoms with van der Waals surface area (Å²) in [5, 5.41) is 5.56. The van der Waals surface area contributed by atoms with Crippen LogP contribution in [0.15, 0.2) is 29.2 Å². The van der Waals surface area contributed by atoms with Crippen LogP contribution in [0.4, 0.5) is 0 Å². The molecule has 0 unspecified atom stereocenters. The number of hydrogen-bond donors (Lipinski definition) is 2. The van der Waals surface area contributed by atoms with Crippen LogP contribution in [0.5, 0.6) is 0 Å². The largest absolute Gasteiger partial charge is 0.456 e. The van der Waals surface area contributed by atoms with E-state index in [-0.39, 0.29) is 25.5 Å². The summed E-state index contributed by atoms with van der Waals surface area (Å²) < 4.78 is 4.84. The highest BCUT2D eigenvalue weighted by Crippen LogP contribution is 2.20. The maximum Gasteiger partial charge on any atom is 0.307 e. The average Bonchev–Trinajstić information content (AvgIpc) is 2.53. The van der Waals surface area contributed by atoms with Gasteiger partial charge < -0.3 is 15.4 Å². The fourth-order valence-corrected chi connectivity index (χ4v) is 2.45. The van der Waals surface area contributed by atoms with Gasteiger partial charge in [-0.3, -0.25) is 14.4 Å². The van der Waals surface area contributed by atoms with Crippen molar-refractivity contribution < 1.29 is 19.1 Å². The van der Waals surface area contributed by atoms with E-state index in [0.717, 1.165) is 4.90 Å². The molecule has 1 aromatic carbocycles. The molecule has 0 aliphatic carbocycles. The number of thioether (sulfide) groups is 1. The summed E-state index contributed by atoms with van der Waals surface area (Å²) >= 11 is 7.28. The number of ether oxygens (including phenoxy) is 1. The van der Waals surface area contributed by atoms with Crippen molar-refractivity contribution in [2.75, 3.05) is 25.4 Å². The lowest BCUT2D eigenvalue weighted by atomic mass is 10.4. The van der Waals surface area contributed by atoms with Gasteiger partial charge in [0.15, 0.2) is 6.61 Å². The Labute approximate surface area is 144 Å². The minimum atomic E-state index is -0.505. The molecule has 0 fully saturated rings. The van der Waals surface area contributed by atoms with Gasteiger partial charge >= 0.3 is 5.97 Å². The van der Waals surface area contributed by atoms with Crippen molar-refractivity contribution >= 4 is 41.1 Å². The maximum absolute atomic E-state index is 11.5. The van der Waals surface area contributed by atoms with E-state index in [0.29, 0.717) is 17.3 Å². The third-order valence-electron chi connectivity index (χ3n) is 2.57. The van der Waals surface area contributed by atoms with Gasteiger partial charge in [0.1, 0.15) is 0 Å². The maximum atomic E-state index is 11.5. The predicted molar refractivity (Wildman–Crippen MR) is 89.4 cm³/mol. The lowest BCUT2D eigenvalue weighted by molar-refractivity contribution is -0.148. The molecular formula is C15H19ClN2O4S. The number of hydrogen-bond acceptors (Lipinski definition) is 5. The fraction of sp³-hybridized carbons (Fsp3) is 0.400. The number of rotatable bonds is 9. The molecule has 0 bridgehead atoms. The molecule has 2 amide bonds. The number of esters is 1. The molecule has 0 spiro atoms. The zero-order chi connectivity index (χ0) is 17.1. The summed E-state index contributed by atoms with van der Waals surface area (Å²) in [5.41, 5.74) is 0. The minimum absolute atomic E-state index is 0.128. The second-order valence-electron chi connectivity index (χ2n) is 4.44. The third-order valence-corrected chi connectivity index (χ3v) is 3.84. The summed E-state index contributed by atoms with van der Waals surface area (Å²) in [5.74, 6) is -0.706. The first kappa shape index (κ1) is 19.3. The fourth-order valence-electron chi connectivity index (χ4n) is 1.49. The van der Waals surface area contributed by atoms with Crippen LogP contribution in [0.1, 0.15) is 13.3 Å². The Morgan fingerprint density at radius 1 is 1.13 bits per heavy atom. The van der Waals surface area contributed by atoms with Crippen LogP contribution < -0.4 is 10.6 Å². The Bertz CT molecular complexity index is 537. The van der Waals surface area contributed by atoms with Crippen LogP contribution in [-0.2, 0) is 19.1 Å². The van der Waals surface area contributed by atoms with Gasteiger partial charge in [0.05, 0.1) is 13.0 Å². The topological polar surface area (TPSA) is 84.5 Å². The average molecular weight is 359 g/mol. The zero-order valence-corrected chi connectivity index (χ0v) is 14.3. The van der Waals surface area contributed by atoms with Crippen molar-refractivity contribution in [2.45, 2.75) is 18.2 Å². The van der Waals surface area contributed by atoms with Gasteiger partial charge in [-0.2, -0.15) is 0 Å². The van der Waals surface area contributed by atoms with Gasteiger partial charge in [-0.1, -0.05) is 11.6 Å². The van der Waals surface area contributed by atoms with Gasteiger partial charge in [-0.05, 0) is 31.2 Å². The number of carbonyl (C=O) groups is 3. The number of carbonyl (C=O) groups excluding carboxylic acids is 3. The number of nitrogens with one attached hydrogen (secondary N) is 2. The van der Waals surface area contributed by atoms with Gasteiger partial charge in [0.25, 0.3) is 5.91 Å². The number of benzene rings is 1. The van der Waals surface area contributed by atoms with Gasteiger partial charge in [-0.15, -0.1) is 11.8 Å². The van der Waals surface area contributed by atoms with Crippen molar-refractivity contribution in [3.05, 3.63) is 29.3 Å². The SMILES string of the molecule is CCNC(=O)CNC(=O)COC(=O)CCSc1ccc(Cl)cc1. The van der Waals surface area contributed by atoms with E-state index in [1.54, 1.807) is 19.1 Å². The van der Waals surface area contributed by atoms with E-state index < -0.39 is 11.9 Å². The van der Waals surface area contributed by atoms with Gasteiger partial charge in [0, 0.05) is 22.2 Å². The van der Waals surface area contributed by atoms with Crippen LogP contribution >= 0.6 is 23.4 Å². The summed E-state index contributed by atoms with van der Waals surface area (Å²) in [7, 11) is 0. The molecule has 0 radical (unpaired) electrons. The van der Waals surface area contributed by atoms with Crippen molar-refractivity contribution in [3.63, 3.8) is 0 Å². The van der Waals surface area contributed by atoms with Gasteiger partial charge in [0.2, 0.25) is 5.91 Å². The quantitative estimate of drug-likeness (QED) is 0.517. The van der Waals surface area contributed by atoms with E-state index in [2.05, 4.69) is 10.6 Å². The Hall–Kier alpha value is -1.73. The molecule has 0 saturated carbocycles. The molecule has 0 atom stereocenters. The Morgan fingerprint density at radius 2 is 1.83 bits per heavy atom. The first-order chi connectivity index (χ1) is 11.0. The van der Waals surface area contributed by atoms with Crippen LogP contribution in [0.2, 0.25) is 5.02 Å². The lowest BCUT2D eigenvalue weighted by Crippen LogP contribution is -2.38. The highest BCUT2D eigenvalue weighted by atomic mass is 35.5. The molecule has 8 heteroatoms. The van der Waals surface area contributed by atoms with Crippen molar-refractivity contribution in [1.82, 2.24) is 10.6 Å². The first-order valence-corrected chi connectivity index (χ1v) is 8.45. The van der Waals surface area contributed by atoms with E-state index in [9.17, 15) is 14.4 Å². The molecule has 1 aromatic rings. The standard InChI is InChI=1S/C15H19ClN2O4S/c1-2-17-13(19)9-18-14(20)10-22-15(21)7-8-23-12-5-3-11(16)4-6-12/h3-6H,2,7-10H2,1H3,(H,17,19)(H,18,20). The highest BCUT2D eigenvalue weighted by molar-refractivity contribution is 7.99. The second-order valence-corrected chi connectivity index (χ2v) is 6.05. The third kappa shape index (κ3) is 9.10. The summed E-state index contributed by atoms with van der Waals surface area (Å²) in [4.78, 5) is 35.1. The molecule has 23 heavy (non-hydrogen) atoms. The second kappa shape index (κ2) is 10.9. The molecule has 0 aliphatic rings. The monoisotopic (exact) mass is 358 g/mol. The van der Waals surface area contributed by atoms with E-state index >= 15 is 0 Å². The molecule has 126 valence electrons. The number of likely N-dealkylation sites (N-methyl/N-ethyl adjacent to an activating group) is 1. The van der Waals surface area contributed by atoms with Crippen molar-refractivity contribution in [1.29, 1.82) is 0 Å². The minimum Gasteiger partial charge on any atom is -0.456 e. The molecule has 0 heterocycles. The Kier molecular flexibility index (Phi) is 9.16. The molecule has 0 aromatic heterocycles. The van der Waals surface area contributed by atoms with E-state index in [1.807, 2.05) is 12.1 Å². The van der Waals surface area contributed by atoms with Crippen molar-refractivity contribution in [3.8, 4) is 0 Å². The molecule has 1 rings (SSSR count). The summed E-state index contributed by atoms with van der Waals surface area (Å²) in [6.07, 6.45) is 0.191. The first-order valence-electron chi connectivity index (χ1n) is 7.08. The molecular weight excluding hydrogens is 340 g/mol. The summed E-state index contributed by atoms with van der Waals surface area (Å²) in [6, 6.07) is 7.29. The number of halogens is 1. The zero-order valence-electron chi connectivity index (χ0n) is 12.8. The van der Waals surface area contributed by atoms with Crippen LogP contribution in [0, 0.1) is 0 Å². The highest BCUT2D eigenvalue weighted by Gasteiger charge is 2.09. The van der Waals surface area contributed by atoms with Gasteiger partial charge in [-0.25, -0.2) is 0 Å². The molecule has 0 saturated heterocycles. The number of amides is 2. The normalized spacial score (nSPS) is 10.0. The smallest absolute Gasteiger partial charge is 0.307 e. The molecule has 2 N–H and O–H groups in total. The van der Waals surface area contributed by atoms with Crippen LogP contribution in [0.25, 0.3) is 0 Å². The predicted octanol–water partition coefficient (Wildman–Crippen LogP) is 1.62. The van der Waals surface area contributed by atoms with E-state index in [4.69, 9.17) is 16.3 Å². The Balaban J connectivity index is 2.12. The lowest BCUT2D eigenvalue weighted by Gasteiger charge is -2.06. The molecule has 6 nitrogen and oxygen atoms in total. The summed E-state index contributed by atoms with van der Waals surface area (Å²) in [6.45, 7) is 1.76. The van der Waals surface area contributed by atoms with Crippen LogP contribution in [0.3, 0.4) is 0 Å². The molecule has 0 aliphatic heterocycles.